The quantitative estimate of drug-likeness (QED) is 0.904. The summed E-state index contributed by atoms with van der Waals surface area (Å²) in [6, 6.07) is 5.04. The van der Waals surface area contributed by atoms with Gasteiger partial charge >= 0.3 is 5.97 Å². The highest BCUT2D eigenvalue weighted by Gasteiger charge is 2.26. The highest BCUT2D eigenvalue weighted by atomic mass is 35.5. The van der Waals surface area contributed by atoms with E-state index in [2.05, 4.69) is 27.7 Å². The summed E-state index contributed by atoms with van der Waals surface area (Å²) in [6.45, 7) is 8.45. The van der Waals surface area contributed by atoms with Crippen molar-refractivity contribution in [1.82, 2.24) is 0 Å². The fourth-order valence-corrected chi connectivity index (χ4v) is 1.93. The van der Waals surface area contributed by atoms with Crippen LogP contribution in [0.4, 0.5) is 5.69 Å². The Hall–Kier alpha value is -1.22. The minimum Gasteiger partial charge on any atom is -0.478 e. The molecule has 1 rings (SSSR count). The van der Waals surface area contributed by atoms with Crippen molar-refractivity contribution in [1.29, 1.82) is 0 Å². The molecule has 1 atom stereocenters. The van der Waals surface area contributed by atoms with E-state index in [0.29, 0.717) is 10.7 Å². The molecule has 1 aromatic rings. The van der Waals surface area contributed by atoms with Crippen LogP contribution in [-0.2, 0) is 0 Å². The number of hydrogen-bond acceptors (Lipinski definition) is 2. The van der Waals surface area contributed by atoms with E-state index in [1.807, 2.05) is 11.9 Å². The standard InChI is InChI=1S/C14H20ClNO2/c1-9(14(2,3)4)16(5)12-8-10(15)6-7-11(12)13(17)18/h6-9H,1-5H3,(H,17,18). The van der Waals surface area contributed by atoms with Crippen LogP contribution in [0, 0.1) is 5.41 Å². The van der Waals surface area contributed by atoms with Crippen LogP contribution in [0.3, 0.4) is 0 Å². The van der Waals surface area contributed by atoms with E-state index in [1.54, 1.807) is 18.2 Å². The van der Waals surface area contributed by atoms with Crippen LogP contribution >= 0.6 is 11.6 Å². The molecule has 0 saturated carbocycles. The summed E-state index contributed by atoms with van der Waals surface area (Å²) < 4.78 is 0. The highest BCUT2D eigenvalue weighted by molar-refractivity contribution is 6.31. The zero-order chi connectivity index (χ0) is 14.1. The van der Waals surface area contributed by atoms with Crippen molar-refractivity contribution in [3.63, 3.8) is 0 Å². The maximum Gasteiger partial charge on any atom is 0.337 e. The van der Waals surface area contributed by atoms with Crippen LogP contribution in [-0.4, -0.2) is 24.2 Å². The van der Waals surface area contributed by atoms with Gasteiger partial charge < -0.3 is 10.0 Å². The van der Waals surface area contributed by atoms with Gasteiger partial charge in [-0.25, -0.2) is 4.79 Å². The first kappa shape index (κ1) is 14.8. The minimum absolute atomic E-state index is 0.0485. The molecule has 1 unspecified atom stereocenters. The van der Waals surface area contributed by atoms with Gasteiger partial charge in [0.2, 0.25) is 0 Å². The first-order valence-corrected chi connectivity index (χ1v) is 6.28. The molecular formula is C14H20ClNO2. The Morgan fingerprint density at radius 1 is 1.39 bits per heavy atom. The van der Waals surface area contributed by atoms with Gasteiger partial charge in [-0.15, -0.1) is 0 Å². The lowest BCUT2D eigenvalue weighted by Gasteiger charge is -2.37. The molecule has 0 bridgehead atoms. The predicted octanol–water partition coefficient (Wildman–Crippen LogP) is 3.91. The summed E-state index contributed by atoms with van der Waals surface area (Å²) in [7, 11) is 1.90. The van der Waals surface area contributed by atoms with Gasteiger partial charge in [-0.05, 0) is 30.5 Å². The molecule has 4 heteroatoms. The molecule has 18 heavy (non-hydrogen) atoms. The predicted molar refractivity (Wildman–Crippen MR) is 75.7 cm³/mol. The molecule has 0 spiro atoms. The van der Waals surface area contributed by atoms with Crippen LogP contribution in [0.1, 0.15) is 38.1 Å². The Labute approximate surface area is 113 Å². The number of carbonyl (C=O) groups is 1. The van der Waals surface area contributed by atoms with Crippen molar-refractivity contribution in [3.8, 4) is 0 Å². The zero-order valence-corrected chi connectivity index (χ0v) is 12.2. The number of nitrogens with zero attached hydrogens (tertiary/aromatic N) is 1. The van der Waals surface area contributed by atoms with Gasteiger partial charge in [-0.1, -0.05) is 32.4 Å². The molecular weight excluding hydrogens is 250 g/mol. The number of carboxylic acids is 1. The Balaban J connectivity index is 3.23. The van der Waals surface area contributed by atoms with Gasteiger partial charge in [-0.3, -0.25) is 0 Å². The Morgan fingerprint density at radius 2 is 1.94 bits per heavy atom. The molecule has 100 valence electrons. The maximum atomic E-state index is 11.2. The third-order valence-corrected chi connectivity index (χ3v) is 3.64. The van der Waals surface area contributed by atoms with Gasteiger partial charge in [0.15, 0.2) is 0 Å². The number of rotatable bonds is 3. The first-order chi connectivity index (χ1) is 8.14. The van der Waals surface area contributed by atoms with Crippen molar-refractivity contribution in [3.05, 3.63) is 28.8 Å². The molecule has 0 saturated heterocycles. The second kappa shape index (κ2) is 5.19. The number of halogens is 1. The molecule has 0 radical (unpaired) electrons. The second-order valence-corrected chi connectivity index (χ2v) is 6.06. The molecule has 0 aliphatic rings. The number of anilines is 1. The van der Waals surface area contributed by atoms with Crippen molar-refractivity contribution >= 4 is 23.3 Å². The van der Waals surface area contributed by atoms with Gasteiger partial charge in [0, 0.05) is 18.1 Å². The van der Waals surface area contributed by atoms with E-state index in [1.165, 1.54) is 0 Å². The normalized spacial score (nSPS) is 13.2. The van der Waals surface area contributed by atoms with E-state index in [9.17, 15) is 9.90 Å². The summed E-state index contributed by atoms with van der Waals surface area (Å²) in [6.07, 6.45) is 0. The monoisotopic (exact) mass is 269 g/mol. The Bertz CT molecular complexity index is 452. The average molecular weight is 270 g/mol. The number of hydrogen-bond donors (Lipinski definition) is 1. The first-order valence-electron chi connectivity index (χ1n) is 5.90. The summed E-state index contributed by atoms with van der Waals surface area (Å²) in [4.78, 5) is 13.2. The van der Waals surface area contributed by atoms with Gasteiger partial charge in [0.05, 0.1) is 11.3 Å². The molecule has 0 amide bonds. The van der Waals surface area contributed by atoms with Crippen LogP contribution in [0.2, 0.25) is 5.02 Å². The lowest BCUT2D eigenvalue weighted by molar-refractivity contribution is 0.0697. The largest absolute Gasteiger partial charge is 0.478 e. The molecule has 0 fully saturated rings. The van der Waals surface area contributed by atoms with E-state index in [-0.39, 0.29) is 17.0 Å². The SMILES string of the molecule is CC(N(C)c1cc(Cl)ccc1C(=O)O)C(C)(C)C. The van der Waals surface area contributed by atoms with Gasteiger partial charge in [0.1, 0.15) is 0 Å². The molecule has 0 aliphatic heterocycles. The average Bonchev–Trinajstić information content (AvgIpc) is 2.25. The van der Waals surface area contributed by atoms with E-state index < -0.39 is 5.97 Å². The second-order valence-electron chi connectivity index (χ2n) is 5.62. The van der Waals surface area contributed by atoms with Crippen molar-refractivity contribution in [2.24, 2.45) is 5.41 Å². The van der Waals surface area contributed by atoms with E-state index in [4.69, 9.17) is 11.6 Å². The van der Waals surface area contributed by atoms with Crippen LogP contribution in [0.15, 0.2) is 18.2 Å². The van der Waals surface area contributed by atoms with Crippen molar-refractivity contribution < 1.29 is 9.90 Å². The van der Waals surface area contributed by atoms with Crippen LogP contribution in [0.25, 0.3) is 0 Å². The fourth-order valence-electron chi connectivity index (χ4n) is 1.77. The summed E-state index contributed by atoms with van der Waals surface area (Å²) in [5, 5.41) is 9.76. The summed E-state index contributed by atoms with van der Waals surface area (Å²) >= 11 is 5.96. The van der Waals surface area contributed by atoms with Gasteiger partial charge in [0.25, 0.3) is 0 Å². The molecule has 0 aliphatic carbocycles. The smallest absolute Gasteiger partial charge is 0.337 e. The van der Waals surface area contributed by atoms with Gasteiger partial charge in [-0.2, -0.15) is 0 Å². The molecule has 3 nitrogen and oxygen atoms in total. The van der Waals surface area contributed by atoms with Crippen LogP contribution in [0.5, 0.6) is 0 Å². The molecule has 0 aromatic heterocycles. The number of aromatic carboxylic acids is 1. The Morgan fingerprint density at radius 3 is 2.39 bits per heavy atom. The lowest BCUT2D eigenvalue weighted by atomic mass is 9.86. The topological polar surface area (TPSA) is 40.5 Å². The maximum absolute atomic E-state index is 11.2. The highest BCUT2D eigenvalue weighted by Crippen LogP contribution is 2.31. The van der Waals surface area contributed by atoms with E-state index in [0.717, 1.165) is 0 Å². The minimum atomic E-state index is -0.936. The fraction of sp³-hybridized carbons (Fsp3) is 0.500. The van der Waals surface area contributed by atoms with E-state index >= 15 is 0 Å². The zero-order valence-electron chi connectivity index (χ0n) is 11.5. The van der Waals surface area contributed by atoms with Crippen molar-refractivity contribution in [2.75, 3.05) is 11.9 Å². The molecule has 1 aromatic carbocycles. The summed E-state index contributed by atoms with van der Waals surface area (Å²) in [5.74, 6) is -0.936. The van der Waals surface area contributed by atoms with Crippen LogP contribution < -0.4 is 4.90 Å². The van der Waals surface area contributed by atoms with Crippen molar-refractivity contribution in [2.45, 2.75) is 33.7 Å². The number of carboxylic acid groups (broad SMARTS) is 1. The lowest BCUT2D eigenvalue weighted by Crippen LogP contribution is -2.40. The third-order valence-electron chi connectivity index (χ3n) is 3.40. The third kappa shape index (κ3) is 3.16. The summed E-state index contributed by atoms with van der Waals surface area (Å²) in [5.41, 5.74) is 0.975. The number of benzene rings is 1. The molecule has 1 N–H and O–H groups in total. The molecule has 0 heterocycles. The Kier molecular flexibility index (Phi) is 4.28.